The Bertz CT molecular complexity index is 1060. The summed E-state index contributed by atoms with van der Waals surface area (Å²) in [6, 6.07) is 15.7. The molecule has 3 aromatic rings. The van der Waals surface area contributed by atoms with Crippen LogP contribution in [-0.4, -0.2) is 16.4 Å². The van der Waals surface area contributed by atoms with E-state index in [1.807, 2.05) is 30.3 Å². The average Bonchev–Trinajstić information content (AvgIpc) is 2.68. The predicted molar refractivity (Wildman–Crippen MR) is 103 cm³/mol. The molecule has 0 saturated carbocycles. The zero-order valence-electron chi connectivity index (χ0n) is 14.5. The smallest absolute Gasteiger partial charge is 0.274 e. The fraction of sp³-hybridized carbons (Fsp3) is 0.0500. The van der Waals surface area contributed by atoms with Gasteiger partial charge in [-0.2, -0.15) is 0 Å². The first-order valence-corrected chi connectivity index (χ1v) is 8.62. The van der Waals surface area contributed by atoms with Gasteiger partial charge in [0.2, 0.25) is 0 Å². The van der Waals surface area contributed by atoms with Gasteiger partial charge in [0.25, 0.3) is 17.4 Å². The number of hydrazine groups is 1. The summed E-state index contributed by atoms with van der Waals surface area (Å²) in [5.74, 6) is -2.37. The number of nitrogens with zero attached hydrogens (tertiary/aromatic N) is 1. The third-order valence-corrected chi connectivity index (χ3v) is 4.24. The number of rotatable bonds is 4. The van der Waals surface area contributed by atoms with Gasteiger partial charge >= 0.3 is 0 Å². The minimum Gasteiger partial charge on any atom is -0.310 e. The van der Waals surface area contributed by atoms with E-state index in [2.05, 4.69) is 10.9 Å². The molecule has 6 nitrogen and oxygen atoms in total. The number of pyridine rings is 1. The molecule has 0 bridgehead atoms. The van der Waals surface area contributed by atoms with Crippen molar-refractivity contribution < 1.29 is 14.0 Å². The van der Waals surface area contributed by atoms with Gasteiger partial charge in [0, 0.05) is 12.3 Å². The minimum absolute atomic E-state index is 0.0804. The van der Waals surface area contributed by atoms with E-state index in [4.69, 9.17) is 11.6 Å². The molecule has 3 rings (SSSR count). The fourth-order valence-corrected chi connectivity index (χ4v) is 2.78. The van der Waals surface area contributed by atoms with Gasteiger partial charge in [-0.05, 0) is 23.8 Å². The molecule has 0 aliphatic carbocycles. The van der Waals surface area contributed by atoms with Gasteiger partial charge in [-0.1, -0.05) is 48.0 Å². The number of hydrogen-bond donors (Lipinski definition) is 2. The molecular formula is C20H15ClFN3O3. The summed E-state index contributed by atoms with van der Waals surface area (Å²) in [7, 11) is 0. The van der Waals surface area contributed by atoms with Crippen LogP contribution in [0, 0.1) is 5.82 Å². The van der Waals surface area contributed by atoms with E-state index in [9.17, 15) is 18.8 Å². The number of amides is 2. The van der Waals surface area contributed by atoms with Gasteiger partial charge in [-0.3, -0.25) is 25.2 Å². The quantitative estimate of drug-likeness (QED) is 0.662. The Balaban J connectivity index is 1.72. The normalized spacial score (nSPS) is 10.4. The van der Waals surface area contributed by atoms with Crippen molar-refractivity contribution in [2.45, 2.75) is 6.54 Å². The third-order valence-electron chi connectivity index (χ3n) is 3.92. The Morgan fingerprint density at radius 2 is 1.64 bits per heavy atom. The van der Waals surface area contributed by atoms with E-state index >= 15 is 0 Å². The lowest BCUT2D eigenvalue weighted by Gasteiger charge is -2.11. The van der Waals surface area contributed by atoms with Crippen LogP contribution >= 0.6 is 11.6 Å². The lowest BCUT2D eigenvalue weighted by molar-refractivity contribution is 0.0844. The van der Waals surface area contributed by atoms with Crippen LogP contribution in [-0.2, 0) is 6.54 Å². The molecule has 0 atom stereocenters. The first kappa shape index (κ1) is 19.3. The summed E-state index contributed by atoms with van der Waals surface area (Å²) in [6.07, 6.45) is 1.38. The molecule has 2 amide bonds. The lowest BCUT2D eigenvalue weighted by atomic mass is 10.2. The second-order valence-corrected chi connectivity index (χ2v) is 6.28. The average molecular weight is 400 g/mol. The topological polar surface area (TPSA) is 80.2 Å². The fourth-order valence-electron chi connectivity index (χ4n) is 2.53. The van der Waals surface area contributed by atoms with Crippen molar-refractivity contribution in [2.24, 2.45) is 0 Å². The van der Waals surface area contributed by atoms with E-state index in [1.165, 1.54) is 35.0 Å². The zero-order chi connectivity index (χ0) is 20.1. The van der Waals surface area contributed by atoms with E-state index in [-0.39, 0.29) is 28.3 Å². The second kappa shape index (κ2) is 8.49. The maximum absolute atomic E-state index is 13.8. The van der Waals surface area contributed by atoms with Gasteiger partial charge in [0.1, 0.15) is 5.82 Å². The standard InChI is InChI=1S/C20H15ClFN3O3/c21-15-7-4-8-16(22)18(15)20(28)24-23-19(27)14-9-10-17(26)25(12-14)11-13-5-2-1-3-6-13/h1-10,12H,11H2,(H,23,27)(H,24,28). The number of aromatic nitrogens is 1. The molecule has 0 fully saturated rings. The van der Waals surface area contributed by atoms with Crippen LogP contribution in [0.4, 0.5) is 4.39 Å². The molecule has 2 N–H and O–H groups in total. The highest BCUT2D eigenvalue weighted by atomic mass is 35.5. The highest BCUT2D eigenvalue weighted by molar-refractivity contribution is 6.33. The number of carbonyl (C=O) groups is 2. The molecule has 8 heteroatoms. The Kier molecular flexibility index (Phi) is 5.86. The van der Waals surface area contributed by atoms with Crippen LogP contribution in [0.2, 0.25) is 5.02 Å². The SMILES string of the molecule is O=C(NNC(=O)c1c(F)cccc1Cl)c1ccc(=O)n(Cc2ccccc2)c1. The Hall–Kier alpha value is -3.45. The highest BCUT2D eigenvalue weighted by Crippen LogP contribution is 2.18. The van der Waals surface area contributed by atoms with Crippen LogP contribution in [0.25, 0.3) is 0 Å². The third kappa shape index (κ3) is 4.44. The summed E-state index contributed by atoms with van der Waals surface area (Å²) in [5, 5.41) is -0.0804. The van der Waals surface area contributed by atoms with E-state index in [0.717, 1.165) is 11.6 Å². The van der Waals surface area contributed by atoms with Crippen molar-refractivity contribution in [2.75, 3.05) is 0 Å². The summed E-state index contributed by atoms with van der Waals surface area (Å²) >= 11 is 5.82. The van der Waals surface area contributed by atoms with Crippen LogP contribution in [0.1, 0.15) is 26.3 Å². The minimum atomic E-state index is -0.894. The second-order valence-electron chi connectivity index (χ2n) is 5.87. The van der Waals surface area contributed by atoms with E-state index in [1.54, 1.807) is 0 Å². The van der Waals surface area contributed by atoms with Crippen molar-refractivity contribution in [3.63, 3.8) is 0 Å². The monoisotopic (exact) mass is 399 g/mol. The van der Waals surface area contributed by atoms with Gasteiger partial charge in [0.05, 0.1) is 22.7 Å². The van der Waals surface area contributed by atoms with Crippen molar-refractivity contribution >= 4 is 23.4 Å². The zero-order valence-corrected chi connectivity index (χ0v) is 15.2. The molecule has 0 aliphatic heterocycles. The first-order chi connectivity index (χ1) is 13.5. The van der Waals surface area contributed by atoms with Gasteiger partial charge in [-0.25, -0.2) is 4.39 Å². The number of hydrogen-bond acceptors (Lipinski definition) is 3. The molecule has 0 unspecified atom stereocenters. The molecular weight excluding hydrogens is 385 g/mol. The van der Waals surface area contributed by atoms with Crippen LogP contribution in [0.5, 0.6) is 0 Å². The molecule has 142 valence electrons. The molecule has 1 aromatic heterocycles. The van der Waals surface area contributed by atoms with Crippen molar-refractivity contribution in [1.82, 2.24) is 15.4 Å². The van der Waals surface area contributed by atoms with E-state index < -0.39 is 17.6 Å². The molecule has 0 aliphatic rings. The summed E-state index contributed by atoms with van der Waals surface area (Å²) in [5.41, 5.74) is 4.69. The number of carbonyl (C=O) groups excluding carboxylic acids is 2. The van der Waals surface area contributed by atoms with Crippen molar-refractivity contribution in [1.29, 1.82) is 0 Å². The van der Waals surface area contributed by atoms with Crippen molar-refractivity contribution in [3.8, 4) is 0 Å². The number of halogens is 2. The first-order valence-electron chi connectivity index (χ1n) is 8.25. The summed E-state index contributed by atoms with van der Waals surface area (Å²) < 4.78 is 15.1. The summed E-state index contributed by atoms with van der Waals surface area (Å²) in [6.45, 7) is 0.290. The maximum atomic E-state index is 13.8. The van der Waals surface area contributed by atoms with E-state index in [0.29, 0.717) is 0 Å². The van der Waals surface area contributed by atoms with Gasteiger partial charge in [0.15, 0.2) is 0 Å². The molecule has 0 saturated heterocycles. The molecule has 0 radical (unpaired) electrons. The Morgan fingerprint density at radius 1 is 0.929 bits per heavy atom. The largest absolute Gasteiger partial charge is 0.310 e. The maximum Gasteiger partial charge on any atom is 0.274 e. The Morgan fingerprint density at radius 3 is 2.36 bits per heavy atom. The van der Waals surface area contributed by atoms with Crippen LogP contribution in [0.3, 0.4) is 0 Å². The van der Waals surface area contributed by atoms with Crippen LogP contribution < -0.4 is 16.4 Å². The molecule has 1 heterocycles. The number of nitrogens with one attached hydrogen (secondary N) is 2. The molecule has 0 spiro atoms. The molecule has 28 heavy (non-hydrogen) atoms. The summed E-state index contributed by atoms with van der Waals surface area (Å²) in [4.78, 5) is 36.4. The van der Waals surface area contributed by atoms with Crippen LogP contribution in [0.15, 0.2) is 71.7 Å². The highest BCUT2D eigenvalue weighted by Gasteiger charge is 2.17. The lowest BCUT2D eigenvalue weighted by Crippen LogP contribution is -2.42. The van der Waals surface area contributed by atoms with Gasteiger partial charge < -0.3 is 4.57 Å². The van der Waals surface area contributed by atoms with Gasteiger partial charge in [-0.15, -0.1) is 0 Å². The Labute approximate surface area is 164 Å². The number of benzene rings is 2. The molecule has 2 aromatic carbocycles. The van der Waals surface area contributed by atoms with Crippen molar-refractivity contribution in [3.05, 3.63) is 105 Å². The predicted octanol–water partition coefficient (Wildman–Crippen LogP) is 2.76.